The van der Waals surface area contributed by atoms with Gasteiger partial charge in [-0.25, -0.2) is 8.42 Å². The summed E-state index contributed by atoms with van der Waals surface area (Å²) >= 11 is 1.70. The number of nitrogens with zero attached hydrogens (tertiary/aromatic N) is 2. The van der Waals surface area contributed by atoms with Crippen molar-refractivity contribution in [2.24, 2.45) is 0 Å². The summed E-state index contributed by atoms with van der Waals surface area (Å²) in [4.78, 5) is 6.20. The van der Waals surface area contributed by atoms with Crippen LogP contribution in [0.3, 0.4) is 0 Å². The predicted octanol–water partition coefficient (Wildman–Crippen LogP) is 1.50. The van der Waals surface area contributed by atoms with Gasteiger partial charge in [-0.05, 0) is 6.07 Å². The Morgan fingerprint density at radius 1 is 1.52 bits per heavy atom. The summed E-state index contributed by atoms with van der Waals surface area (Å²) in [7, 11) is -3.11. The van der Waals surface area contributed by atoms with Crippen molar-refractivity contribution < 1.29 is 8.42 Å². The monoisotopic (exact) mass is 329 g/mol. The van der Waals surface area contributed by atoms with E-state index in [2.05, 4.69) is 24.1 Å². The SMILES string of the molecule is CC(C)NCc1cnccc1N1CCSCC1S(C)(=O)=O. The maximum absolute atomic E-state index is 12.1. The van der Waals surface area contributed by atoms with Gasteiger partial charge in [0.25, 0.3) is 0 Å². The zero-order valence-corrected chi connectivity index (χ0v) is 14.4. The number of pyridine rings is 1. The summed E-state index contributed by atoms with van der Waals surface area (Å²) in [5.41, 5.74) is 2.03. The molecule has 1 aromatic rings. The van der Waals surface area contributed by atoms with Crippen LogP contribution in [0.4, 0.5) is 5.69 Å². The highest BCUT2D eigenvalue weighted by atomic mass is 32.2. The molecule has 0 aliphatic carbocycles. The summed E-state index contributed by atoms with van der Waals surface area (Å²) in [6.45, 7) is 5.63. The third-order valence-corrected chi connectivity index (χ3v) is 6.11. The lowest BCUT2D eigenvalue weighted by Crippen LogP contribution is -2.47. The van der Waals surface area contributed by atoms with Crippen LogP contribution in [0.15, 0.2) is 18.5 Å². The molecule has 0 radical (unpaired) electrons. The number of hydrogen-bond donors (Lipinski definition) is 1. The Bertz CT molecular complexity index is 575. The van der Waals surface area contributed by atoms with E-state index >= 15 is 0 Å². The van der Waals surface area contributed by atoms with Crippen LogP contribution in [0.1, 0.15) is 19.4 Å². The van der Waals surface area contributed by atoms with E-state index < -0.39 is 15.2 Å². The minimum Gasteiger partial charge on any atom is -0.353 e. The van der Waals surface area contributed by atoms with Gasteiger partial charge >= 0.3 is 0 Å². The number of thioether (sulfide) groups is 1. The molecule has 1 aliphatic rings. The van der Waals surface area contributed by atoms with Gasteiger partial charge in [0.2, 0.25) is 0 Å². The van der Waals surface area contributed by atoms with E-state index in [0.717, 1.165) is 23.5 Å². The number of rotatable bonds is 5. The lowest BCUT2D eigenvalue weighted by atomic mass is 10.2. The van der Waals surface area contributed by atoms with Crippen molar-refractivity contribution >= 4 is 27.3 Å². The highest BCUT2D eigenvalue weighted by molar-refractivity contribution is 8.01. The third kappa shape index (κ3) is 4.34. The fourth-order valence-corrected chi connectivity index (χ4v) is 5.19. The molecule has 0 amide bonds. The molecule has 1 unspecified atom stereocenters. The average molecular weight is 329 g/mol. The zero-order valence-electron chi connectivity index (χ0n) is 12.7. The normalized spacial score (nSPS) is 20.0. The summed E-state index contributed by atoms with van der Waals surface area (Å²) < 4.78 is 24.1. The van der Waals surface area contributed by atoms with Gasteiger partial charge in [0.15, 0.2) is 9.84 Å². The van der Waals surface area contributed by atoms with Gasteiger partial charge in [-0.3, -0.25) is 4.98 Å². The van der Waals surface area contributed by atoms with Gasteiger partial charge in [0.1, 0.15) is 5.37 Å². The van der Waals surface area contributed by atoms with Crippen molar-refractivity contribution in [3.05, 3.63) is 24.0 Å². The molecule has 0 aromatic carbocycles. The van der Waals surface area contributed by atoms with Crippen LogP contribution in [0.2, 0.25) is 0 Å². The summed E-state index contributed by atoms with van der Waals surface area (Å²) in [5, 5.41) is 2.93. The summed E-state index contributed by atoms with van der Waals surface area (Å²) in [5.74, 6) is 1.57. The van der Waals surface area contributed by atoms with Crippen molar-refractivity contribution in [3.63, 3.8) is 0 Å². The Balaban J connectivity index is 2.30. The first-order chi connectivity index (χ1) is 9.89. The lowest BCUT2D eigenvalue weighted by Gasteiger charge is -2.37. The molecule has 21 heavy (non-hydrogen) atoms. The maximum Gasteiger partial charge on any atom is 0.169 e. The minimum absolute atomic E-state index is 0.376. The largest absolute Gasteiger partial charge is 0.353 e. The Labute approximate surface area is 131 Å². The summed E-state index contributed by atoms with van der Waals surface area (Å²) in [6, 6.07) is 2.30. The Morgan fingerprint density at radius 2 is 2.29 bits per heavy atom. The van der Waals surface area contributed by atoms with Crippen molar-refractivity contribution in [2.45, 2.75) is 31.8 Å². The highest BCUT2D eigenvalue weighted by Gasteiger charge is 2.32. The smallest absolute Gasteiger partial charge is 0.169 e. The average Bonchev–Trinajstić information content (AvgIpc) is 2.44. The van der Waals surface area contributed by atoms with Crippen molar-refractivity contribution in [2.75, 3.05) is 29.2 Å². The molecule has 1 aliphatic heterocycles. The molecule has 1 N–H and O–H groups in total. The maximum atomic E-state index is 12.1. The van der Waals surface area contributed by atoms with Gasteiger partial charge in [-0.15, -0.1) is 0 Å². The second-order valence-electron chi connectivity index (χ2n) is 5.59. The number of hydrogen-bond acceptors (Lipinski definition) is 6. The molecule has 5 nitrogen and oxygen atoms in total. The van der Waals surface area contributed by atoms with E-state index in [1.54, 1.807) is 18.0 Å². The second-order valence-corrected chi connectivity index (χ2v) is 8.95. The van der Waals surface area contributed by atoms with Crippen LogP contribution in [0.5, 0.6) is 0 Å². The van der Waals surface area contributed by atoms with Gasteiger partial charge in [0, 0.05) is 60.5 Å². The van der Waals surface area contributed by atoms with E-state index in [9.17, 15) is 8.42 Å². The van der Waals surface area contributed by atoms with E-state index in [4.69, 9.17) is 0 Å². The molecule has 1 aromatic heterocycles. The van der Waals surface area contributed by atoms with Crippen molar-refractivity contribution in [1.29, 1.82) is 0 Å². The highest BCUT2D eigenvalue weighted by Crippen LogP contribution is 2.29. The molecule has 118 valence electrons. The van der Waals surface area contributed by atoms with Gasteiger partial charge in [-0.2, -0.15) is 11.8 Å². The molecule has 1 fully saturated rings. The van der Waals surface area contributed by atoms with Crippen LogP contribution in [0.25, 0.3) is 0 Å². The van der Waals surface area contributed by atoms with Gasteiger partial charge in [0.05, 0.1) is 0 Å². The van der Waals surface area contributed by atoms with Crippen LogP contribution in [-0.2, 0) is 16.4 Å². The number of anilines is 1. The molecule has 7 heteroatoms. The van der Waals surface area contributed by atoms with E-state index in [1.807, 2.05) is 17.2 Å². The van der Waals surface area contributed by atoms with E-state index in [0.29, 0.717) is 18.3 Å². The zero-order chi connectivity index (χ0) is 15.5. The van der Waals surface area contributed by atoms with Crippen molar-refractivity contribution in [3.8, 4) is 0 Å². The second kappa shape index (κ2) is 6.98. The topological polar surface area (TPSA) is 62.3 Å². The van der Waals surface area contributed by atoms with Crippen LogP contribution in [0, 0.1) is 0 Å². The number of aromatic nitrogens is 1. The first-order valence-electron chi connectivity index (χ1n) is 7.09. The van der Waals surface area contributed by atoms with Crippen LogP contribution in [-0.4, -0.2) is 49.1 Å². The molecule has 2 rings (SSSR count). The predicted molar refractivity (Wildman–Crippen MR) is 89.5 cm³/mol. The van der Waals surface area contributed by atoms with E-state index in [-0.39, 0.29) is 0 Å². The van der Waals surface area contributed by atoms with E-state index in [1.165, 1.54) is 6.26 Å². The Hall–Kier alpha value is -0.790. The quantitative estimate of drug-likeness (QED) is 0.883. The first-order valence-corrected chi connectivity index (χ1v) is 10.2. The molecule has 0 spiro atoms. The molecule has 1 saturated heterocycles. The molecular formula is C14H23N3O2S2. The molecule has 0 bridgehead atoms. The standard InChI is InChI=1S/C14H23N3O2S2/c1-11(2)16-9-12-8-15-5-4-13(12)17-6-7-20-10-14(17)21(3,18)19/h4-5,8,11,14,16H,6-7,9-10H2,1-3H3. The third-order valence-electron chi connectivity index (χ3n) is 3.47. The van der Waals surface area contributed by atoms with Gasteiger partial charge < -0.3 is 10.2 Å². The molecule has 1 atom stereocenters. The lowest BCUT2D eigenvalue weighted by molar-refractivity contribution is 0.578. The molecule has 2 heterocycles. The van der Waals surface area contributed by atoms with Crippen LogP contribution >= 0.6 is 11.8 Å². The van der Waals surface area contributed by atoms with Gasteiger partial charge in [-0.1, -0.05) is 13.8 Å². The minimum atomic E-state index is -3.11. The molecule has 0 saturated carbocycles. The fourth-order valence-electron chi connectivity index (χ4n) is 2.36. The first kappa shape index (κ1) is 16.6. The number of nitrogens with one attached hydrogen (secondary N) is 1. The Morgan fingerprint density at radius 3 is 2.95 bits per heavy atom. The fraction of sp³-hybridized carbons (Fsp3) is 0.643. The molecular weight excluding hydrogens is 306 g/mol. The Kier molecular flexibility index (Phi) is 5.51. The van der Waals surface area contributed by atoms with Crippen LogP contribution < -0.4 is 10.2 Å². The van der Waals surface area contributed by atoms with Crippen molar-refractivity contribution in [1.82, 2.24) is 10.3 Å². The summed E-state index contributed by atoms with van der Waals surface area (Å²) in [6.07, 6.45) is 4.88. The number of sulfone groups is 1.